The number of primary amides is 1. The predicted molar refractivity (Wildman–Crippen MR) is 113 cm³/mol. The van der Waals surface area contributed by atoms with Crippen LogP contribution in [0.25, 0.3) is 0 Å². The molecular weight excluding hydrogens is 362 g/mol. The number of aromatic nitrogens is 1. The lowest BCUT2D eigenvalue weighted by atomic mass is 9.72. The Balaban J connectivity index is 1.74. The fourth-order valence-electron chi connectivity index (χ4n) is 3.98. The van der Waals surface area contributed by atoms with Crippen molar-refractivity contribution in [3.05, 3.63) is 65.5 Å². The third-order valence-electron chi connectivity index (χ3n) is 5.79. The zero-order chi connectivity index (χ0) is 20.7. The monoisotopic (exact) mass is 389 g/mol. The molecule has 1 aromatic heterocycles. The van der Waals surface area contributed by atoms with E-state index in [4.69, 9.17) is 5.73 Å². The van der Waals surface area contributed by atoms with E-state index in [0.717, 1.165) is 24.1 Å². The number of likely N-dealkylation sites (tertiary alicyclic amines) is 1. The summed E-state index contributed by atoms with van der Waals surface area (Å²) in [6.45, 7) is 2.66. The molecule has 0 bridgehead atoms. The van der Waals surface area contributed by atoms with Gasteiger partial charge in [0, 0.05) is 25.0 Å². The molecule has 0 spiro atoms. The molecule has 5 heteroatoms. The van der Waals surface area contributed by atoms with E-state index in [9.17, 15) is 9.59 Å². The Morgan fingerprint density at radius 3 is 2.38 bits per heavy atom. The van der Waals surface area contributed by atoms with E-state index in [1.54, 1.807) is 18.0 Å². The van der Waals surface area contributed by atoms with Crippen LogP contribution in [0.15, 0.2) is 48.7 Å². The van der Waals surface area contributed by atoms with Gasteiger partial charge in [-0.3, -0.25) is 14.6 Å². The lowest BCUT2D eigenvalue weighted by Crippen LogP contribution is -2.49. The smallest absolute Gasteiger partial charge is 0.298 e. The lowest BCUT2D eigenvalue weighted by Gasteiger charge is -2.39. The topological polar surface area (TPSA) is 76.3 Å². The quantitative estimate of drug-likeness (QED) is 0.772. The number of carbonyl (C=O) groups excluding carboxylic acids is 2. The molecule has 1 fully saturated rings. The van der Waals surface area contributed by atoms with Crippen LogP contribution >= 0.6 is 0 Å². The number of rotatable bonds is 6. The van der Waals surface area contributed by atoms with Crippen molar-refractivity contribution in [3.8, 4) is 11.8 Å². The minimum atomic E-state index is -0.627. The van der Waals surface area contributed by atoms with Crippen LogP contribution in [0.4, 0.5) is 0 Å². The Hall–Kier alpha value is -3.13. The van der Waals surface area contributed by atoms with Crippen LogP contribution < -0.4 is 5.73 Å². The predicted octanol–water partition coefficient (Wildman–Crippen LogP) is 2.53. The van der Waals surface area contributed by atoms with Gasteiger partial charge < -0.3 is 10.6 Å². The third kappa shape index (κ3) is 5.03. The summed E-state index contributed by atoms with van der Waals surface area (Å²) in [6.07, 6.45) is 5.24. The van der Waals surface area contributed by atoms with Gasteiger partial charge in [0.05, 0.1) is 5.41 Å². The average molecular weight is 389 g/mol. The fraction of sp³-hybridized carbons (Fsp3) is 0.375. The highest BCUT2D eigenvalue weighted by molar-refractivity contribution is 5.93. The molecule has 2 aromatic rings. The van der Waals surface area contributed by atoms with Gasteiger partial charge in [0.2, 0.25) is 5.91 Å². The molecule has 150 valence electrons. The zero-order valence-corrected chi connectivity index (χ0v) is 16.9. The van der Waals surface area contributed by atoms with E-state index in [2.05, 4.69) is 29.0 Å². The first-order valence-electron chi connectivity index (χ1n) is 10.0. The number of pyridine rings is 1. The van der Waals surface area contributed by atoms with Crippen LogP contribution in [0.1, 0.15) is 36.6 Å². The molecule has 2 N–H and O–H groups in total. The van der Waals surface area contributed by atoms with Crippen molar-refractivity contribution in [2.45, 2.75) is 39.0 Å². The zero-order valence-electron chi connectivity index (χ0n) is 16.9. The van der Waals surface area contributed by atoms with Gasteiger partial charge in [-0.25, -0.2) is 0 Å². The first-order chi connectivity index (χ1) is 14.0. The van der Waals surface area contributed by atoms with E-state index in [1.165, 1.54) is 5.56 Å². The van der Waals surface area contributed by atoms with Crippen LogP contribution in [-0.2, 0) is 28.9 Å². The van der Waals surface area contributed by atoms with Crippen LogP contribution in [0.3, 0.4) is 0 Å². The van der Waals surface area contributed by atoms with Crippen LogP contribution in [0.2, 0.25) is 0 Å². The van der Waals surface area contributed by atoms with Gasteiger partial charge >= 0.3 is 0 Å². The number of amides is 2. The largest absolute Gasteiger partial charge is 0.369 e. The maximum absolute atomic E-state index is 12.5. The van der Waals surface area contributed by atoms with Crippen molar-refractivity contribution in [2.24, 2.45) is 11.1 Å². The molecule has 2 amide bonds. The maximum atomic E-state index is 12.5. The Morgan fingerprint density at radius 2 is 1.76 bits per heavy atom. The molecule has 1 aliphatic rings. The number of carbonyl (C=O) groups is 2. The third-order valence-corrected chi connectivity index (χ3v) is 5.79. The SMILES string of the molecule is CC#CC(=O)N1CCC(Cc2ccccc2CCc2ccccn2)(C(N)=O)CC1. The summed E-state index contributed by atoms with van der Waals surface area (Å²) >= 11 is 0. The average Bonchev–Trinajstić information content (AvgIpc) is 2.74. The number of piperidine rings is 1. The first kappa shape index (κ1) is 20.6. The Labute approximate surface area is 172 Å². The Morgan fingerprint density at radius 1 is 1.07 bits per heavy atom. The van der Waals surface area contributed by atoms with Crippen LogP contribution in [0, 0.1) is 17.3 Å². The Kier molecular flexibility index (Phi) is 6.66. The van der Waals surface area contributed by atoms with Crippen molar-refractivity contribution in [2.75, 3.05) is 13.1 Å². The van der Waals surface area contributed by atoms with E-state index in [-0.39, 0.29) is 11.8 Å². The fourth-order valence-corrected chi connectivity index (χ4v) is 3.98. The summed E-state index contributed by atoms with van der Waals surface area (Å²) in [5.74, 6) is 4.76. The lowest BCUT2D eigenvalue weighted by molar-refractivity contribution is -0.135. The highest BCUT2D eigenvalue weighted by Crippen LogP contribution is 2.36. The van der Waals surface area contributed by atoms with Crippen molar-refractivity contribution in [1.29, 1.82) is 0 Å². The second kappa shape index (κ2) is 9.38. The molecule has 1 aromatic carbocycles. The van der Waals surface area contributed by atoms with E-state index < -0.39 is 5.41 Å². The summed E-state index contributed by atoms with van der Waals surface area (Å²) in [4.78, 5) is 30.6. The molecule has 3 rings (SSSR count). The summed E-state index contributed by atoms with van der Waals surface area (Å²) < 4.78 is 0. The van der Waals surface area contributed by atoms with Crippen molar-refractivity contribution >= 4 is 11.8 Å². The van der Waals surface area contributed by atoms with E-state index in [1.807, 2.05) is 30.3 Å². The molecule has 1 aliphatic heterocycles. The maximum Gasteiger partial charge on any atom is 0.298 e. The molecule has 2 heterocycles. The number of benzene rings is 1. The molecule has 0 aliphatic carbocycles. The molecule has 0 saturated carbocycles. The second-order valence-corrected chi connectivity index (χ2v) is 7.58. The van der Waals surface area contributed by atoms with Gasteiger partial charge in [-0.1, -0.05) is 36.3 Å². The van der Waals surface area contributed by atoms with Gasteiger partial charge in [-0.15, -0.1) is 0 Å². The highest BCUT2D eigenvalue weighted by Gasteiger charge is 2.41. The number of nitrogens with two attached hydrogens (primary N) is 1. The summed E-state index contributed by atoms with van der Waals surface area (Å²) in [5.41, 5.74) is 8.65. The second-order valence-electron chi connectivity index (χ2n) is 7.58. The number of nitrogens with zero attached hydrogens (tertiary/aromatic N) is 2. The minimum absolute atomic E-state index is 0.179. The summed E-state index contributed by atoms with van der Waals surface area (Å²) in [5, 5.41) is 0. The molecule has 5 nitrogen and oxygen atoms in total. The van der Waals surface area contributed by atoms with E-state index in [0.29, 0.717) is 32.4 Å². The number of hydrogen-bond acceptors (Lipinski definition) is 3. The molecule has 1 saturated heterocycles. The van der Waals surface area contributed by atoms with Gasteiger partial charge in [-0.05, 0) is 68.2 Å². The van der Waals surface area contributed by atoms with Gasteiger partial charge in [0.25, 0.3) is 5.91 Å². The number of hydrogen-bond donors (Lipinski definition) is 1. The molecule has 0 atom stereocenters. The molecule has 0 unspecified atom stereocenters. The van der Waals surface area contributed by atoms with Gasteiger partial charge in [-0.2, -0.15) is 0 Å². The summed E-state index contributed by atoms with van der Waals surface area (Å²) in [6, 6.07) is 14.2. The van der Waals surface area contributed by atoms with Crippen molar-refractivity contribution < 1.29 is 9.59 Å². The van der Waals surface area contributed by atoms with E-state index >= 15 is 0 Å². The van der Waals surface area contributed by atoms with Crippen molar-refractivity contribution in [3.63, 3.8) is 0 Å². The molecule has 0 radical (unpaired) electrons. The number of aryl methyl sites for hydroxylation is 2. The summed E-state index contributed by atoms with van der Waals surface area (Å²) in [7, 11) is 0. The van der Waals surface area contributed by atoms with Crippen LogP contribution in [0.5, 0.6) is 0 Å². The van der Waals surface area contributed by atoms with Gasteiger partial charge in [0.15, 0.2) is 0 Å². The van der Waals surface area contributed by atoms with Crippen molar-refractivity contribution in [1.82, 2.24) is 9.88 Å². The Bertz CT molecular complexity index is 920. The van der Waals surface area contributed by atoms with Gasteiger partial charge in [0.1, 0.15) is 0 Å². The standard InChI is InChI=1S/C24H27N3O2/c1-2-7-22(28)27-16-13-24(14-17-27,23(25)29)18-20-9-4-3-8-19(20)11-12-21-10-5-6-15-26-21/h3-6,8-10,15H,11-14,16-18H2,1H3,(H2,25,29). The van der Waals surface area contributed by atoms with Crippen LogP contribution in [-0.4, -0.2) is 34.8 Å². The minimum Gasteiger partial charge on any atom is -0.369 e. The first-order valence-corrected chi connectivity index (χ1v) is 10.0. The highest BCUT2D eigenvalue weighted by atomic mass is 16.2. The normalized spacial score (nSPS) is 15.3. The molecule has 29 heavy (non-hydrogen) atoms. The molecular formula is C24H27N3O2.